The first-order valence-corrected chi connectivity index (χ1v) is 44.3. The Kier molecular flexibility index (Phi) is 47.8. The Hall–Kier alpha value is -3.21. The van der Waals surface area contributed by atoms with Gasteiger partial charge in [-0.25, -0.2) is 0 Å². The molecule has 7 fully saturated rings. The second kappa shape index (κ2) is 55.1. The molecule has 712 valence electrons. The summed E-state index contributed by atoms with van der Waals surface area (Å²) >= 11 is 0. The van der Waals surface area contributed by atoms with Crippen molar-refractivity contribution in [2.75, 3.05) is 46.2 Å². The maximum absolute atomic E-state index is 13.6. The highest BCUT2D eigenvalue weighted by Crippen LogP contribution is 2.40. The van der Waals surface area contributed by atoms with Gasteiger partial charge >= 0.3 is 0 Å². The summed E-state index contributed by atoms with van der Waals surface area (Å²) < 4.78 is 84.4. The summed E-state index contributed by atoms with van der Waals surface area (Å²) in [6, 6.07) is -4.94. The molecule has 7 saturated heterocycles. The van der Waals surface area contributed by atoms with E-state index in [4.69, 9.17) is 66.3 Å². The van der Waals surface area contributed by atoms with Gasteiger partial charge in [-0.2, -0.15) is 0 Å². The number of allylic oxidation sites excluding steroid dienone is 1. The molecule has 14 unspecified atom stereocenters. The van der Waals surface area contributed by atoms with E-state index in [0.29, 0.717) is 12.8 Å². The van der Waals surface area contributed by atoms with Gasteiger partial charge in [-0.3, -0.25) is 14.4 Å². The molecule has 7 aliphatic heterocycles. The average molecular weight is 1770 g/mol. The van der Waals surface area contributed by atoms with Crippen molar-refractivity contribution in [3.8, 4) is 0 Å². The van der Waals surface area contributed by atoms with E-state index >= 15 is 0 Å². The van der Waals surface area contributed by atoms with Gasteiger partial charge in [-0.05, 0) is 26.2 Å². The van der Waals surface area contributed by atoms with Crippen molar-refractivity contribution in [3.05, 3.63) is 12.2 Å². The van der Waals surface area contributed by atoms with E-state index in [1.54, 1.807) is 6.08 Å². The van der Waals surface area contributed by atoms with Crippen molar-refractivity contribution >= 4 is 17.7 Å². The molecule has 122 heavy (non-hydrogen) atoms. The number of hydrogen-bond donors (Lipinski definition) is 23. The van der Waals surface area contributed by atoms with Crippen LogP contribution in [0.1, 0.15) is 214 Å². The van der Waals surface area contributed by atoms with Gasteiger partial charge in [0.15, 0.2) is 44.0 Å². The highest BCUT2D eigenvalue weighted by atomic mass is 16.8. The number of aliphatic hydroxyl groups excluding tert-OH is 20. The van der Waals surface area contributed by atoms with E-state index in [-0.39, 0.29) is 12.3 Å². The van der Waals surface area contributed by atoms with Crippen LogP contribution in [0.15, 0.2) is 12.2 Å². The first-order chi connectivity index (χ1) is 58.5. The maximum atomic E-state index is 13.6. The van der Waals surface area contributed by atoms with E-state index in [2.05, 4.69) is 29.8 Å². The highest BCUT2D eigenvalue weighted by Gasteiger charge is 2.60. The van der Waals surface area contributed by atoms with E-state index in [1.807, 2.05) is 6.08 Å². The Morgan fingerprint density at radius 1 is 0.336 bits per heavy atom. The summed E-state index contributed by atoms with van der Waals surface area (Å²) in [5.41, 5.74) is 0. The van der Waals surface area contributed by atoms with Crippen LogP contribution in [0, 0.1) is 0 Å². The molecule has 7 heterocycles. The lowest BCUT2D eigenvalue weighted by Gasteiger charge is -2.52. The molecule has 0 spiro atoms. The SMILES string of the molecule is CCCCCCCCCCCCC/C=C/[C@@H](O)[C@H](CO[C@@H]1OC(CO)[C@@H](O[C@@H]2OC(CO)[C@H](O)[C@H](O[C@@H]3OC(CO)[C@@H](O[C@H]4OC(C)[C@@H](O)C(O)[C@@H]4O)[C@H](O[C@@H]4OC(CO)[C@H](O)[C@H](O[C@@H]5OC(CO)[C@@H](O[C@@H]6OC(CO)[C@H](O)[C@H](O)C6O)[C@H](O)C5NC(C)=O)C4O)C3NC(C)=O)C2O)[C@H](O)C1O)NC(=O)CCCCCCCCCCCCCCCCC. The number of nitrogens with one attached hydrogen (secondary N) is 3. The zero-order chi connectivity index (χ0) is 89.3. The predicted octanol–water partition coefficient (Wildman–Crippen LogP) is -3.57. The molecule has 40 nitrogen and oxygen atoms in total. The van der Waals surface area contributed by atoms with Crippen LogP contribution in [0.3, 0.4) is 0 Å². The van der Waals surface area contributed by atoms with Crippen LogP contribution in [0.2, 0.25) is 0 Å². The van der Waals surface area contributed by atoms with Crippen LogP contribution in [-0.4, -0.2) is 393 Å². The Morgan fingerprint density at radius 2 is 0.672 bits per heavy atom. The molecule has 3 amide bonds. The quantitative estimate of drug-likeness (QED) is 0.0207. The zero-order valence-electron chi connectivity index (χ0n) is 71.1. The fourth-order valence-electron chi connectivity index (χ4n) is 16.5. The van der Waals surface area contributed by atoms with Crippen LogP contribution in [-0.2, 0) is 80.7 Å². The first-order valence-electron chi connectivity index (χ1n) is 44.3. The molecule has 23 N–H and O–H groups in total. The molecule has 0 aromatic carbocycles. The van der Waals surface area contributed by atoms with Crippen molar-refractivity contribution < 1.29 is 183 Å². The highest BCUT2D eigenvalue weighted by molar-refractivity contribution is 5.76. The van der Waals surface area contributed by atoms with E-state index in [1.165, 1.54) is 116 Å². The topological polar surface area (TPSA) is 621 Å². The van der Waals surface area contributed by atoms with Gasteiger partial charge in [0.05, 0.1) is 64.5 Å². The number of hydrogen-bond acceptors (Lipinski definition) is 37. The van der Waals surface area contributed by atoms with Gasteiger partial charge in [-0.15, -0.1) is 0 Å². The van der Waals surface area contributed by atoms with Crippen molar-refractivity contribution in [1.82, 2.24) is 16.0 Å². The smallest absolute Gasteiger partial charge is 0.220 e. The third kappa shape index (κ3) is 30.7. The number of carbonyl (C=O) groups is 3. The lowest BCUT2D eigenvalue weighted by atomic mass is 9.93. The number of aliphatic hydroxyl groups is 20. The molecule has 0 bridgehead atoms. The Morgan fingerprint density at radius 3 is 1.12 bits per heavy atom. The number of unbranched alkanes of at least 4 members (excludes halogenated alkanes) is 25. The van der Waals surface area contributed by atoms with E-state index in [9.17, 15) is 117 Å². The molecule has 40 heteroatoms. The fraction of sp³-hybridized carbons (Fsp3) is 0.939. The van der Waals surface area contributed by atoms with Gasteiger partial charge in [0.2, 0.25) is 17.7 Å². The molecule has 0 saturated carbocycles. The van der Waals surface area contributed by atoms with Crippen LogP contribution in [0.4, 0.5) is 0 Å². The molecule has 0 aromatic rings. The largest absolute Gasteiger partial charge is 0.394 e. The zero-order valence-corrected chi connectivity index (χ0v) is 71.1. The van der Waals surface area contributed by atoms with Crippen LogP contribution in [0.5, 0.6) is 0 Å². The van der Waals surface area contributed by atoms with E-state index in [0.717, 1.165) is 65.2 Å². The van der Waals surface area contributed by atoms with Crippen LogP contribution < -0.4 is 16.0 Å². The summed E-state index contributed by atoms with van der Waals surface area (Å²) in [5.74, 6) is -2.21. The average Bonchev–Trinajstić information content (AvgIpc) is 0.760. The number of carbonyl (C=O) groups excluding carboxylic acids is 3. The van der Waals surface area contributed by atoms with Crippen molar-refractivity contribution in [3.63, 3.8) is 0 Å². The second-order valence-electron chi connectivity index (χ2n) is 33.4. The van der Waals surface area contributed by atoms with Gasteiger partial charge < -0.3 is 184 Å². The van der Waals surface area contributed by atoms with Gasteiger partial charge in [0.25, 0.3) is 0 Å². The first kappa shape index (κ1) is 106. The summed E-state index contributed by atoms with van der Waals surface area (Å²) in [4.78, 5) is 40.1. The Balaban J connectivity index is 1.08. The standard InChI is InChI=1S/C82H147N3O37/c1-6-8-10-12-14-16-18-20-21-23-25-27-29-31-33-35-54(95)85-46(47(94)34-32-30-28-26-24-22-19-17-15-13-11-9-7-2)42-109-78-67(106)64(103)71(52(40-90)116-78)118-81-68(107)75(60(99)49(37-87)112-81)122-77-56(84-45(5)93)73(72(53(41-91)115-77)119-79-65(104)62(101)57(96)43(3)110-79)120-82-69(108)74(59(98)50(38-88)113-82)121-76-55(83-44(4)92)61(100)70(51(39-89)114-76)117-80-66(105)63(102)58(97)48(36-86)111-80/h32,34,43,46-53,55-82,86-91,94,96-108H,6-31,33,35-42H2,1-5H3,(H,83,92)(H,84,93)(H,85,95)/b34-32+/t43?,46-,47+,48?,49?,50?,51?,52?,53?,55?,56?,57+,58-,59-,60-,61+,62?,63-,64+,65-,66?,67?,68?,69?,70+,71+,72+,73+,74-,75-,76-,77-,78+,79+,80-,81-,82-/m0/s1. The number of amides is 3. The maximum Gasteiger partial charge on any atom is 0.220 e. The van der Waals surface area contributed by atoms with Gasteiger partial charge in [0.1, 0.15) is 165 Å². The van der Waals surface area contributed by atoms with Crippen LogP contribution >= 0.6 is 0 Å². The minimum atomic E-state index is -2.40. The Labute approximate surface area is 713 Å². The second-order valence-corrected chi connectivity index (χ2v) is 33.4. The third-order valence-electron chi connectivity index (χ3n) is 23.8. The lowest BCUT2D eigenvalue weighted by molar-refractivity contribution is -0.396. The van der Waals surface area contributed by atoms with E-state index < -0.39 is 285 Å². The minimum absolute atomic E-state index is 0.150. The monoisotopic (exact) mass is 1770 g/mol. The third-order valence-corrected chi connectivity index (χ3v) is 23.8. The van der Waals surface area contributed by atoms with Gasteiger partial charge in [-0.1, -0.05) is 180 Å². The Bertz CT molecular complexity index is 2910. The molecular formula is C82H147N3O37. The minimum Gasteiger partial charge on any atom is -0.394 e. The number of rotatable bonds is 54. The molecule has 0 aliphatic carbocycles. The predicted molar refractivity (Wildman–Crippen MR) is 425 cm³/mol. The molecule has 37 atom stereocenters. The lowest BCUT2D eigenvalue weighted by Crippen LogP contribution is -2.72. The molecular weight excluding hydrogens is 1620 g/mol. The molecule has 7 aliphatic rings. The van der Waals surface area contributed by atoms with Crippen molar-refractivity contribution in [2.45, 2.75) is 441 Å². The summed E-state index contributed by atoms with van der Waals surface area (Å²) in [7, 11) is 0. The molecule has 0 aromatic heterocycles. The summed E-state index contributed by atoms with van der Waals surface area (Å²) in [6.07, 6.45) is -32.5. The van der Waals surface area contributed by atoms with Crippen molar-refractivity contribution in [1.29, 1.82) is 0 Å². The summed E-state index contributed by atoms with van der Waals surface area (Å²) in [6.45, 7) is 0.871. The van der Waals surface area contributed by atoms with Crippen molar-refractivity contribution in [2.24, 2.45) is 0 Å². The summed E-state index contributed by atoms with van der Waals surface area (Å²) in [5, 5.41) is 233. The van der Waals surface area contributed by atoms with Crippen LogP contribution in [0.25, 0.3) is 0 Å². The normalized spacial score (nSPS) is 38.9. The molecule has 7 rings (SSSR count). The molecule has 0 radical (unpaired) electrons. The van der Waals surface area contributed by atoms with Gasteiger partial charge in [0, 0.05) is 20.3 Å². The number of ether oxygens (including phenoxy) is 14. The fourth-order valence-corrected chi connectivity index (χ4v) is 16.5.